The van der Waals surface area contributed by atoms with Crippen molar-refractivity contribution in [3.63, 3.8) is 0 Å². The molecule has 0 bridgehead atoms. The van der Waals surface area contributed by atoms with Gasteiger partial charge in [0.15, 0.2) is 0 Å². The summed E-state index contributed by atoms with van der Waals surface area (Å²) in [7, 11) is 0. The van der Waals surface area contributed by atoms with Gasteiger partial charge in [0.2, 0.25) is 11.8 Å². The first-order valence-corrected chi connectivity index (χ1v) is 12.1. The van der Waals surface area contributed by atoms with E-state index in [0.717, 1.165) is 61.7 Å². The minimum absolute atomic E-state index is 0. The maximum Gasteiger partial charge on any atom is 0.226 e. The highest BCUT2D eigenvalue weighted by Crippen LogP contribution is 2.32. The Labute approximate surface area is 197 Å². The first kappa shape index (κ1) is 24.3. The molecule has 2 aliphatic heterocycles. The van der Waals surface area contributed by atoms with E-state index in [1.165, 1.54) is 32.1 Å². The van der Waals surface area contributed by atoms with E-state index >= 15 is 0 Å². The zero-order valence-electron chi connectivity index (χ0n) is 18.3. The fourth-order valence-corrected chi connectivity index (χ4v) is 5.49. The molecular formula is C24H35Cl2N3O2. The van der Waals surface area contributed by atoms with Gasteiger partial charge in [-0.05, 0) is 49.3 Å². The van der Waals surface area contributed by atoms with Crippen LogP contribution < -0.4 is 5.32 Å². The maximum atomic E-state index is 13.0. The number of piperazine rings is 1. The SMILES string of the molecule is Cl.O=C(CCc1ccc(CC2CCN(C3CCCCC3)C2=O)c(Cl)c1)N1CCNCC1. The van der Waals surface area contributed by atoms with Gasteiger partial charge >= 0.3 is 0 Å². The fraction of sp³-hybridized carbons (Fsp3) is 0.667. The van der Waals surface area contributed by atoms with Gasteiger partial charge in [-0.1, -0.05) is 43.0 Å². The largest absolute Gasteiger partial charge is 0.340 e. The molecule has 7 heteroatoms. The molecule has 0 spiro atoms. The summed E-state index contributed by atoms with van der Waals surface area (Å²) in [4.78, 5) is 29.4. The minimum Gasteiger partial charge on any atom is -0.340 e. The summed E-state index contributed by atoms with van der Waals surface area (Å²) in [6.45, 7) is 4.25. The van der Waals surface area contributed by atoms with E-state index in [4.69, 9.17) is 11.6 Å². The molecule has 5 nitrogen and oxygen atoms in total. The molecule has 3 aliphatic rings. The number of carbonyl (C=O) groups excluding carboxylic acids is 2. The van der Waals surface area contributed by atoms with Crippen LogP contribution in [-0.2, 0) is 22.4 Å². The normalized spacial score (nSPS) is 22.5. The average molecular weight is 468 g/mol. The fourth-order valence-electron chi connectivity index (χ4n) is 5.21. The third-order valence-corrected chi connectivity index (χ3v) is 7.40. The van der Waals surface area contributed by atoms with Crippen molar-refractivity contribution in [1.82, 2.24) is 15.1 Å². The summed E-state index contributed by atoms with van der Waals surface area (Å²) in [5, 5.41) is 4.00. The number of rotatable bonds is 6. The molecular weight excluding hydrogens is 433 g/mol. The van der Waals surface area contributed by atoms with E-state index in [9.17, 15) is 9.59 Å². The summed E-state index contributed by atoms with van der Waals surface area (Å²) < 4.78 is 0. The molecule has 1 saturated carbocycles. The van der Waals surface area contributed by atoms with E-state index < -0.39 is 0 Å². The van der Waals surface area contributed by atoms with Crippen LogP contribution >= 0.6 is 24.0 Å². The molecule has 3 fully saturated rings. The van der Waals surface area contributed by atoms with E-state index in [1.54, 1.807) is 0 Å². The molecule has 1 unspecified atom stereocenters. The zero-order chi connectivity index (χ0) is 20.9. The monoisotopic (exact) mass is 467 g/mol. The van der Waals surface area contributed by atoms with Gasteiger partial charge < -0.3 is 15.1 Å². The molecule has 1 atom stereocenters. The van der Waals surface area contributed by atoms with Gasteiger partial charge in [-0.25, -0.2) is 0 Å². The van der Waals surface area contributed by atoms with Crippen molar-refractivity contribution >= 4 is 35.8 Å². The number of nitrogens with one attached hydrogen (secondary N) is 1. The number of amides is 2. The number of halogens is 2. The third kappa shape index (κ3) is 6.15. The van der Waals surface area contributed by atoms with Crippen LogP contribution in [0.25, 0.3) is 0 Å². The lowest BCUT2D eigenvalue weighted by Gasteiger charge is -2.31. The summed E-state index contributed by atoms with van der Waals surface area (Å²) in [6.07, 6.45) is 9.04. The Morgan fingerprint density at radius 1 is 1.06 bits per heavy atom. The Bertz CT molecular complexity index is 761. The van der Waals surface area contributed by atoms with Crippen LogP contribution in [0.1, 0.15) is 56.1 Å². The van der Waals surface area contributed by atoms with Crippen LogP contribution in [-0.4, -0.2) is 60.4 Å². The Morgan fingerprint density at radius 2 is 1.81 bits per heavy atom. The Hall–Kier alpha value is -1.30. The average Bonchev–Trinajstić information content (AvgIpc) is 3.15. The highest BCUT2D eigenvalue weighted by atomic mass is 35.5. The second kappa shape index (κ2) is 11.5. The second-order valence-corrected chi connectivity index (χ2v) is 9.48. The van der Waals surface area contributed by atoms with Crippen LogP contribution in [0.2, 0.25) is 5.02 Å². The maximum absolute atomic E-state index is 13.0. The van der Waals surface area contributed by atoms with Gasteiger partial charge in [-0.3, -0.25) is 9.59 Å². The zero-order valence-corrected chi connectivity index (χ0v) is 19.9. The van der Waals surface area contributed by atoms with E-state index in [0.29, 0.717) is 24.8 Å². The van der Waals surface area contributed by atoms with Crippen molar-refractivity contribution in [2.45, 2.75) is 63.8 Å². The summed E-state index contributed by atoms with van der Waals surface area (Å²) in [6, 6.07) is 6.58. The van der Waals surface area contributed by atoms with Gasteiger partial charge in [0.25, 0.3) is 0 Å². The summed E-state index contributed by atoms with van der Waals surface area (Å²) in [5.74, 6) is 0.601. The predicted octanol–water partition coefficient (Wildman–Crippen LogP) is 3.85. The molecule has 1 aromatic carbocycles. The van der Waals surface area contributed by atoms with Crippen molar-refractivity contribution in [1.29, 1.82) is 0 Å². The molecule has 2 amide bonds. The number of hydrogen-bond donors (Lipinski definition) is 1. The van der Waals surface area contributed by atoms with Crippen LogP contribution in [0.3, 0.4) is 0 Å². The number of likely N-dealkylation sites (tertiary alicyclic amines) is 1. The molecule has 1 N–H and O–H groups in total. The summed E-state index contributed by atoms with van der Waals surface area (Å²) in [5.41, 5.74) is 2.14. The molecule has 2 heterocycles. The van der Waals surface area contributed by atoms with Crippen molar-refractivity contribution < 1.29 is 9.59 Å². The lowest BCUT2D eigenvalue weighted by Crippen LogP contribution is -2.46. The van der Waals surface area contributed by atoms with Crippen LogP contribution in [0, 0.1) is 5.92 Å². The molecule has 4 rings (SSSR count). The van der Waals surface area contributed by atoms with Crippen molar-refractivity contribution in [3.8, 4) is 0 Å². The molecule has 0 radical (unpaired) electrons. The summed E-state index contributed by atoms with van der Waals surface area (Å²) >= 11 is 6.58. The van der Waals surface area contributed by atoms with Gasteiger partial charge in [-0.2, -0.15) is 0 Å². The van der Waals surface area contributed by atoms with Gasteiger partial charge in [0.1, 0.15) is 0 Å². The molecule has 1 aromatic rings. The minimum atomic E-state index is 0. The smallest absolute Gasteiger partial charge is 0.226 e. The van der Waals surface area contributed by atoms with E-state index in [1.807, 2.05) is 11.0 Å². The van der Waals surface area contributed by atoms with Crippen molar-refractivity contribution in [2.24, 2.45) is 5.92 Å². The number of aryl methyl sites for hydroxylation is 1. The number of benzene rings is 1. The van der Waals surface area contributed by atoms with Crippen LogP contribution in [0.15, 0.2) is 18.2 Å². The van der Waals surface area contributed by atoms with Crippen molar-refractivity contribution in [2.75, 3.05) is 32.7 Å². The third-order valence-electron chi connectivity index (χ3n) is 7.05. The first-order chi connectivity index (χ1) is 14.6. The topological polar surface area (TPSA) is 52.7 Å². The predicted molar refractivity (Wildman–Crippen MR) is 127 cm³/mol. The second-order valence-electron chi connectivity index (χ2n) is 9.07. The number of hydrogen-bond acceptors (Lipinski definition) is 3. The highest BCUT2D eigenvalue weighted by Gasteiger charge is 2.36. The van der Waals surface area contributed by atoms with Gasteiger partial charge in [0.05, 0.1) is 0 Å². The molecule has 2 saturated heterocycles. The standard InChI is InChI=1S/C24H34ClN3O2.ClH/c25-22-16-18(7-9-23(29)27-14-11-26-12-15-27)6-8-19(22)17-20-10-13-28(24(20)30)21-4-2-1-3-5-21;/h6,8,16,20-21,26H,1-5,7,9-15,17H2;1H. The molecule has 31 heavy (non-hydrogen) atoms. The quantitative estimate of drug-likeness (QED) is 0.690. The Balaban J connectivity index is 0.00000272. The molecule has 1 aliphatic carbocycles. The Kier molecular flexibility index (Phi) is 9.06. The molecule has 172 valence electrons. The lowest BCUT2D eigenvalue weighted by atomic mass is 9.94. The van der Waals surface area contributed by atoms with Crippen LogP contribution in [0.4, 0.5) is 0 Å². The first-order valence-electron chi connectivity index (χ1n) is 11.7. The van der Waals surface area contributed by atoms with E-state index in [-0.39, 0.29) is 24.2 Å². The van der Waals surface area contributed by atoms with Gasteiger partial charge in [0, 0.05) is 56.1 Å². The molecule has 0 aromatic heterocycles. The van der Waals surface area contributed by atoms with E-state index in [2.05, 4.69) is 22.3 Å². The Morgan fingerprint density at radius 3 is 2.52 bits per heavy atom. The lowest BCUT2D eigenvalue weighted by molar-refractivity contribution is -0.133. The van der Waals surface area contributed by atoms with Crippen molar-refractivity contribution in [3.05, 3.63) is 34.3 Å². The number of carbonyl (C=O) groups is 2. The number of nitrogens with zero attached hydrogens (tertiary/aromatic N) is 2. The van der Waals surface area contributed by atoms with Gasteiger partial charge in [-0.15, -0.1) is 12.4 Å². The van der Waals surface area contributed by atoms with Crippen LogP contribution in [0.5, 0.6) is 0 Å². The highest BCUT2D eigenvalue weighted by molar-refractivity contribution is 6.31.